The van der Waals surface area contributed by atoms with Gasteiger partial charge in [-0.1, -0.05) is 0 Å². The second-order valence-electron chi connectivity index (χ2n) is 0.750. The van der Waals surface area contributed by atoms with Crippen LogP contribution >= 0.6 is 0 Å². The van der Waals surface area contributed by atoms with E-state index in [2.05, 4.69) is 0 Å². The molecule has 0 aromatic heterocycles. The fourth-order valence-electron chi connectivity index (χ4n) is 0. The van der Waals surface area contributed by atoms with Crippen LogP contribution < -0.4 is 20.7 Å². The Morgan fingerprint density at radius 3 is 0.500 bits per heavy atom. The predicted octanol–water partition coefficient (Wildman–Crippen LogP) is -9.39. The Balaban J connectivity index is -0.0000000270. The molecule has 0 aromatic carbocycles. The Hall–Kier alpha value is 2.62. The van der Waals surface area contributed by atoms with Gasteiger partial charge in [0.1, 0.15) is 0 Å². The van der Waals surface area contributed by atoms with E-state index >= 15 is 0 Å². The molecule has 0 saturated carbocycles. The standard InChI is InChI=1S/2Al.9O.3Sn/q2*+3;;;;6*-1;;;. The van der Waals surface area contributed by atoms with E-state index < -0.39 is 61.7 Å². The van der Waals surface area contributed by atoms with Crippen molar-refractivity contribution in [2.45, 2.75) is 0 Å². The van der Waals surface area contributed by atoms with Gasteiger partial charge in [0.15, 0.2) is 0 Å². The Morgan fingerprint density at radius 2 is 0.500 bits per heavy atom. The molecule has 0 N–H and O–H groups in total. The molecule has 0 heterocycles. The molecule has 0 aromatic rings. The van der Waals surface area contributed by atoms with Crippen LogP contribution in [-0.4, -0.2) is 96.4 Å². The minimum atomic E-state index is -4.29. The second-order valence-corrected chi connectivity index (χ2v) is 5.03. The normalized spacial score (nSPS) is 5.57. The Labute approximate surface area is 124 Å². The molecule has 0 aliphatic rings. The van der Waals surface area contributed by atoms with Crippen LogP contribution in [0.1, 0.15) is 0 Å². The van der Waals surface area contributed by atoms with E-state index in [-0.39, 0.29) is 34.7 Å². The van der Waals surface area contributed by atoms with Gasteiger partial charge in [0.25, 0.3) is 0 Å². The zero-order valence-corrected chi connectivity index (χ0v) is 17.2. The first kappa shape index (κ1) is 30.0. The topological polar surface area (TPSA) is 190 Å². The van der Waals surface area contributed by atoms with E-state index in [1.165, 1.54) is 0 Å². The molecular formula is Al2O9Sn3. The zero-order valence-electron chi connectivity index (χ0n) is 6.33. The molecule has 9 nitrogen and oxygen atoms in total. The van der Waals surface area contributed by atoms with Crippen molar-refractivity contribution in [2.24, 2.45) is 0 Å². The quantitative estimate of drug-likeness (QED) is 0.262. The van der Waals surface area contributed by atoms with E-state index in [0.717, 1.165) is 0 Å². The molecule has 14 heavy (non-hydrogen) atoms. The summed E-state index contributed by atoms with van der Waals surface area (Å²) >= 11 is -12.9. The molecule has 0 atom stereocenters. The Morgan fingerprint density at radius 1 is 0.500 bits per heavy atom. The van der Waals surface area contributed by atoms with Gasteiger partial charge in [0, 0.05) is 0 Å². The summed E-state index contributed by atoms with van der Waals surface area (Å²) in [5.74, 6) is 0. The summed E-state index contributed by atoms with van der Waals surface area (Å²) in [5, 5.41) is 0. The molecule has 0 spiro atoms. The summed E-state index contributed by atoms with van der Waals surface area (Å²) in [5.41, 5.74) is 0. The van der Waals surface area contributed by atoms with Gasteiger partial charge in [-0.2, -0.15) is 0 Å². The van der Waals surface area contributed by atoms with Crippen LogP contribution in [0.2, 0.25) is 0 Å². The van der Waals surface area contributed by atoms with Gasteiger partial charge in [-0.15, -0.1) is 0 Å². The van der Waals surface area contributed by atoms with Crippen molar-refractivity contribution in [1.29, 1.82) is 0 Å². The van der Waals surface area contributed by atoms with Gasteiger partial charge < -0.3 is 0 Å². The van der Waals surface area contributed by atoms with Crippen LogP contribution in [0, 0.1) is 0 Å². The number of hydrogen-bond donors (Lipinski definition) is 0. The van der Waals surface area contributed by atoms with Crippen LogP contribution in [0.15, 0.2) is 0 Å². The first-order valence-corrected chi connectivity index (χ1v) is 12.3. The van der Waals surface area contributed by atoms with Crippen molar-refractivity contribution in [3.8, 4) is 0 Å². The molecule has 0 bridgehead atoms. The van der Waals surface area contributed by atoms with Crippen molar-refractivity contribution in [1.82, 2.24) is 0 Å². The molecule has 0 rings (SSSR count). The third kappa shape index (κ3) is 395. The van der Waals surface area contributed by atoms with Crippen molar-refractivity contribution in [3.63, 3.8) is 0 Å². The van der Waals surface area contributed by atoms with Crippen molar-refractivity contribution < 1.29 is 29.9 Å². The van der Waals surface area contributed by atoms with Crippen LogP contribution in [-0.2, 0) is 9.23 Å². The second kappa shape index (κ2) is 24.7. The number of hydrogen-bond acceptors (Lipinski definition) is 9. The van der Waals surface area contributed by atoms with E-state index in [1.54, 1.807) is 0 Å². The molecule has 14 heteroatoms. The van der Waals surface area contributed by atoms with E-state index in [0.29, 0.717) is 0 Å². The average molecular weight is 554 g/mol. The van der Waals surface area contributed by atoms with Crippen molar-refractivity contribution >= 4 is 96.4 Å². The van der Waals surface area contributed by atoms with Gasteiger partial charge in [0.05, 0.1) is 0 Å². The third-order valence-electron chi connectivity index (χ3n) is 0. The van der Waals surface area contributed by atoms with Gasteiger partial charge in [0.2, 0.25) is 0 Å². The first-order chi connectivity index (χ1) is 5.20. The maximum absolute atomic E-state index is 8.61. The van der Waals surface area contributed by atoms with Gasteiger partial charge in [-0.05, 0) is 0 Å². The fourth-order valence-corrected chi connectivity index (χ4v) is 0. The predicted molar refractivity (Wildman–Crippen MR) is 30.8 cm³/mol. The van der Waals surface area contributed by atoms with E-state index in [4.69, 9.17) is 29.9 Å². The molecule has 0 amide bonds. The molecular weight excluding hydrogens is 554 g/mol. The summed E-state index contributed by atoms with van der Waals surface area (Å²) < 4.78 is 77.5. The van der Waals surface area contributed by atoms with Gasteiger partial charge in [-0.25, -0.2) is 0 Å². The van der Waals surface area contributed by atoms with E-state index in [1.807, 2.05) is 0 Å². The van der Waals surface area contributed by atoms with Gasteiger partial charge >= 0.3 is 126 Å². The van der Waals surface area contributed by atoms with Crippen molar-refractivity contribution in [2.75, 3.05) is 0 Å². The van der Waals surface area contributed by atoms with Gasteiger partial charge in [-0.3, -0.25) is 0 Å². The molecule has 0 radical (unpaired) electrons. The van der Waals surface area contributed by atoms with Crippen LogP contribution in [0.3, 0.4) is 0 Å². The summed E-state index contributed by atoms with van der Waals surface area (Å²) in [6.07, 6.45) is 0. The third-order valence-corrected chi connectivity index (χ3v) is 0. The monoisotopic (exact) mass is 558 g/mol. The van der Waals surface area contributed by atoms with E-state index in [9.17, 15) is 0 Å². The summed E-state index contributed by atoms with van der Waals surface area (Å²) in [4.78, 5) is 0. The SMILES string of the molecule is [Al+3].[Al+3].[O]=[Sn]([O-])[O-].[O]=[Sn]([O-])[O-].[O]=[Sn]([O-])[O-]. The zero-order chi connectivity index (χ0) is 10.7. The number of rotatable bonds is 0. The first-order valence-electron chi connectivity index (χ1n) is 1.84. The maximum atomic E-state index is 8.61. The minimum absolute atomic E-state index is 0. The average Bonchev–Trinajstić information content (AvgIpc) is 1.54. The summed E-state index contributed by atoms with van der Waals surface area (Å²) in [6, 6.07) is 0. The Kier molecular flexibility index (Phi) is 53.0. The summed E-state index contributed by atoms with van der Waals surface area (Å²) in [7, 11) is 0. The molecule has 0 aliphatic heterocycles. The molecule has 0 aliphatic carbocycles. The van der Waals surface area contributed by atoms with Crippen LogP contribution in [0.25, 0.3) is 0 Å². The molecule has 0 unspecified atom stereocenters. The molecule has 0 fully saturated rings. The van der Waals surface area contributed by atoms with Crippen LogP contribution in [0.5, 0.6) is 0 Å². The molecule has 0 saturated heterocycles. The fraction of sp³-hybridized carbons (Fsp3) is 0. The van der Waals surface area contributed by atoms with Crippen LogP contribution in [0.4, 0.5) is 0 Å². The molecule has 72 valence electrons. The summed E-state index contributed by atoms with van der Waals surface area (Å²) in [6.45, 7) is 0. The Bertz CT molecular complexity index is 116. The van der Waals surface area contributed by atoms with Crippen molar-refractivity contribution in [3.05, 3.63) is 0 Å².